The summed E-state index contributed by atoms with van der Waals surface area (Å²) in [6, 6.07) is 0. The van der Waals surface area contributed by atoms with E-state index in [9.17, 15) is 10.2 Å². The van der Waals surface area contributed by atoms with Crippen molar-refractivity contribution in [1.29, 1.82) is 0 Å². The van der Waals surface area contributed by atoms with Gasteiger partial charge in [-0.15, -0.1) is 0 Å². The molecule has 0 radical (unpaired) electrons. The summed E-state index contributed by atoms with van der Waals surface area (Å²) in [6.45, 7) is 12.1. The lowest BCUT2D eigenvalue weighted by Gasteiger charge is -2.39. The lowest BCUT2D eigenvalue weighted by atomic mass is 9.71. The molecule has 0 saturated heterocycles. The molecular weight excluding hydrogens is 228 g/mol. The number of ether oxygens (including phenoxy) is 1. The molecular formula is C15H26O3. The van der Waals surface area contributed by atoms with Crippen LogP contribution in [0.15, 0.2) is 23.0 Å². The first kappa shape index (κ1) is 15.3. The molecule has 104 valence electrons. The standard InChI is InChI=1S/C15H26O3/c1-14(2,3)9-8-10(18-7)11(15(4,5)6)13(17)12(9)16/h8,12-13,16-17H,1-7H3. The van der Waals surface area contributed by atoms with Gasteiger partial charge in [-0.3, -0.25) is 0 Å². The summed E-state index contributed by atoms with van der Waals surface area (Å²) >= 11 is 0. The van der Waals surface area contributed by atoms with E-state index in [-0.39, 0.29) is 10.8 Å². The molecule has 0 fully saturated rings. The molecule has 2 unspecified atom stereocenters. The van der Waals surface area contributed by atoms with Crippen LogP contribution in [-0.2, 0) is 4.74 Å². The van der Waals surface area contributed by atoms with Crippen LogP contribution in [0.2, 0.25) is 0 Å². The van der Waals surface area contributed by atoms with Crippen molar-refractivity contribution >= 4 is 0 Å². The van der Waals surface area contributed by atoms with E-state index in [0.29, 0.717) is 5.76 Å². The molecule has 3 heteroatoms. The molecule has 1 aliphatic carbocycles. The molecule has 0 aromatic carbocycles. The molecule has 0 aromatic heterocycles. The summed E-state index contributed by atoms with van der Waals surface area (Å²) in [7, 11) is 1.60. The van der Waals surface area contributed by atoms with Crippen LogP contribution in [0.1, 0.15) is 41.5 Å². The summed E-state index contributed by atoms with van der Waals surface area (Å²) in [5.41, 5.74) is 1.12. The first-order valence-corrected chi connectivity index (χ1v) is 6.37. The minimum atomic E-state index is -0.904. The van der Waals surface area contributed by atoms with Gasteiger partial charge >= 0.3 is 0 Å². The predicted molar refractivity (Wildman–Crippen MR) is 73.0 cm³/mol. The summed E-state index contributed by atoms with van der Waals surface area (Å²) in [5.74, 6) is 0.672. The van der Waals surface area contributed by atoms with Crippen molar-refractivity contribution in [2.75, 3.05) is 7.11 Å². The molecule has 0 bridgehead atoms. The third-order valence-corrected chi connectivity index (χ3v) is 3.36. The summed E-state index contributed by atoms with van der Waals surface area (Å²) in [6.07, 6.45) is 0.107. The van der Waals surface area contributed by atoms with Gasteiger partial charge in [-0.1, -0.05) is 41.5 Å². The molecule has 0 saturated carbocycles. The van der Waals surface area contributed by atoms with Crippen LogP contribution in [0.4, 0.5) is 0 Å². The quantitative estimate of drug-likeness (QED) is 0.756. The fourth-order valence-electron chi connectivity index (χ4n) is 2.42. The van der Waals surface area contributed by atoms with E-state index in [1.54, 1.807) is 7.11 Å². The van der Waals surface area contributed by atoms with Crippen LogP contribution in [0.5, 0.6) is 0 Å². The van der Waals surface area contributed by atoms with Gasteiger partial charge in [0.25, 0.3) is 0 Å². The third kappa shape index (κ3) is 2.78. The van der Waals surface area contributed by atoms with Crippen molar-refractivity contribution in [3.63, 3.8) is 0 Å². The van der Waals surface area contributed by atoms with E-state index in [4.69, 9.17) is 4.74 Å². The van der Waals surface area contributed by atoms with Gasteiger partial charge in [0.05, 0.1) is 7.11 Å². The van der Waals surface area contributed by atoms with Crippen molar-refractivity contribution in [2.24, 2.45) is 10.8 Å². The van der Waals surface area contributed by atoms with Crippen molar-refractivity contribution in [2.45, 2.75) is 53.8 Å². The van der Waals surface area contributed by atoms with Crippen molar-refractivity contribution < 1.29 is 14.9 Å². The second-order valence-electron chi connectivity index (χ2n) is 6.97. The van der Waals surface area contributed by atoms with E-state index in [1.807, 2.05) is 47.6 Å². The zero-order chi connectivity index (χ0) is 14.3. The highest BCUT2D eigenvalue weighted by Gasteiger charge is 2.40. The molecule has 18 heavy (non-hydrogen) atoms. The number of rotatable bonds is 1. The molecule has 0 aromatic rings. The van der Waals surface area contributed by atoms with Gasteiger partial charge in [0.15, 0.2) is 0 Å². The monoisotopic (exact) mass is 254 g/mol. The lowest BCUT2D eigenvalue weighted by Crippen LogP contribution is -2.41. The number of methoxy groups -OCH3 is 1. The molecule has 0 amide bonds. The molecule has 0 spiro atoms. The fraction of sp³-hybridized carbons (Fsp3) is 0.733. The Hall–Kier alpha value is -0.800. The zero-order valence-corrected chi connectivity index (χ0v) is 12.5. The SMILES string of the molecule is COC1=C(C(C)(C)C)C(O)C(O)C(C(C)(C)C)=C1. The minimum Gasteiger partial charge on any atom is -0.497 e. The Kier molecular flexibility index (Phi) is 3.99. The van der Waals surface area contributed by atoms with Crippen LogP contribution in [0.3, 0.4) is 0 Å². The van der Waals surface area contributed by atoms with E-state index >= 15 is 0 Å². The zero-order valence-electron chi connectivity index (χ0n) is 12.5. The number of hydrogen-bond donors (Lipinski definition) is 2. The van der Waals surface area contributed by atoms with Crippen molar-refractivity contribution in [3.05, 3.63) is 23.0 Å². The molecule has 0 aliphatic heterocycles. The predicted octanol–water partition coefficient (Wildman–Crippen LogP) is 2.64. The lowest BCUT2D eigenvalue weighted by molar-refractivity contribution is 0.0347. The van der Waals surface area contributed by atoms with Gasteiger partial charge in [-0.2, -0.15) is 0 Å². The van der Waals surface area contributed by atoms with Gasteiger partial charge < -0.3 is 14.9 Å². The Labute approximate surface area is 110 Å². The second kappa shape index (κ2) is 4.71. The van der Waals surface area contributed by atoms with Crippen LogP contribution >= 0.6 is 0 Å². The van der Waals surface area contributed by atoms with E-state index < -0.39 is 12.2 Å². The normalized spacial score (nSPS) is 26.2. The second-order valence-corrected chi connectivity index (χ2v) is 6.97. The highest BCUT2D eigenvalue weighted by Crippen LogP contribution is 2.41. The van der Waals surface area contributed by atoms with Gasteiger partial charge in [0.1, 0.15) is 18.0 Å². The molecule has 0 heterocycles. The average molecular weight is 254 g/mol. The number of aliphatic hydroxyl groups is 2. The van der Waals surface area contributed by atoms with Crippen LogP contribution in [0.25, 0.3) is 0 Å². The Morgan fingerprint density at radius 3 is 1.78 bits per heavy atom. The van der Waals surface area contributed by atoms with E-state index in [1.165, 1.54) is 0 Å². The van der Waals surface area contributed by atoms with E-state index in [2.05, 4.69) is 0 Å². The van der Waals surface area contributed by atoms with Crippen LogP contribution in [-0.4, -0.2) is 29.5 Å². The summed E-state index contributed by atoms with van der Waals surface area (Å²) in [5, 5.41) is 20.7. The van der Waals surface area contributed by atoms with E-state index in [0.717, 1.165) is 11.1 Å². The van der Waals surface area contributed by atoms with Crippen molar-refractivity contribution in [3.8, 4) is 0 Å². The highest BCUT2D eigenvalue weighted by molar-refractivity contribution is 5.40. The summed E-state index contributed by atoms with van der Waals surface area (Å²) < 4.78 is 5.41. The maximum atomic E-state index is 10.4. The number of hydrogen-bond acceptors (Lipinski definition) is 3. The average Bonchev–Trinajstić information content (AvgIpc) is 2.17. The number of aliphatic hydroxyl groups excluding tert-OH is 2. The van der Waals surface area contributed by atoms with Gasteiger partial charge in [-0.05, 0) is 22.5 Å². The first-order valence-electron chi connectivity index (χ1n) is 6.37. The Morgan fingerprint density at radius 2 is 1.44 bits per heavy atom. The first-order chi connectivity index (χ1) is 8.00. The van der Waals surface area contributed by atoms with Crippen LogP contribution < -0.4 is 0 Å². The maximum Gasteiger partial charge on any atom is 0.121 e. The molecule has 1 aliphatic rings. The molecule has 1 rings (SSSR count). The maximum absolute atomic E-state index is 10.4. The smallest absolute Gasteiger partial charge is 0.121 e. The minimum absolute atomic E-state index is 0.201. The molecule has 2 atom stereocenters. The molecule has 3 nitrogen and oxygen atoms in total. The molecule has 2 N–H and O–H groups in total. The Morgan fingerprint density at radius 1 is 0.944 bits per heavy atom. The fourth-order valence-corrected chi connectivity index (χ4v) is 2.42. The Bertz CT molecular complexity index is 378. The van der Waals surface area contributed by atoms with Crippen LogP contribution in [0, 0.1) is 10.8 Å². The third-order valence-electron chi connectivity index (χ3n) is 3.36. The topological polar surface area (TPSA) is 49.7 Å². The highest BCUT2D eigenvalue weighted by atomic mass is 16.5. The Balaban J connectivity index is 3.41. The number of allylic oxidation sites excluding steroid dienone is 1. The summed E-state index contributed by atoms with van der Waals surface area (Å²) in [4.78, 5) is 0. The van der Waals surface area contributed by atoms with Crippen molar-refractivity contribution in [1.82, 2.24) is 0 Å². The van der Waals surface area contributed by atoms with Gasteiger partial charge in [-0.25, -0.2) is 0 Å². The van der Waals surface area contributed by atoms with Gasteiger partial charge in [0.2, 0.25) is 0 Å². The van der Waals surface area contributed by atoms with Gasteiger partial charge in [0, 0.05) is 5.57 Å². The largest absolute Gasteiger partial charge is 0.497 e.